The molecule has 0 aliphatic carbocycles. The van der Waals surface area contributed by atoms with E-state index < -0.39 is 11.9 Å². The SMILES string of the molecule is CCCOc1ccc(C(=O)CCC(=O)OCC(=O)Nc2cccc(SC)c2)cc1. The Morgan fingerprint density at radius 2 is 1.79 bits per heavy atom. The molecule has 7 heteroatoms. The number of rotatable bonds is 11. The molecule has 0 saturated heterocycles. The van der Waals surface area contributed by atoms with Crippen LogP contribution in [0.15, 0.2) is 53.4 Å². The standard InChI is InChI=1S/C22H25NO5S/c1-3-13-27-18-9-7-16(8-10-18)20(24)11-12-22(26)28-15-21(25)23-17-5-4-6-19(14-17)29-2/h4-10,14H,3,11-13,15H2,1-2H3,(H,23,25). The maximum Gasteiger partial charge on any atom is 0.306 e. The molecule has 0 aliphatic rings. The number of esters is 1. The van der Waals surface area contributed by atoms with Crippen molar-refractivity contribution in [3.63, 3.8) is 0 Å². The molecule has 2 rings (SSSR count). The van der Waals surface area contributed by atoms with Gasteiger partial charge < -0.3 is 14.8 Å². The van der Waals surface area contributed by atoms with Gasteiger partial charge in [-0.3, -0.25) is 14.4 Å². The van der Waals surface area contributed by atoms with Crippen molar-refractivity contribution in [2.24, 2.45) is 0 Å². The fourth-order valence-electron chi connectivity index (χ4n) is 2.43. The molecule has 6 nitrogen and oxygen atoms in total. The monoisotopic (exact) mass is 415 g/mol. The average Bonchev–Trinajstić information content (AvgIpc) is 2.75. The molecule has 154 valence electrons. The summed E-state index contributed by atoms with van der Waals surface area (Å²) in [7, 11) is 0. The Morgan fingerprint density at radius 1 is 1.03 bits per heavy atom. The number of amides is 1. The normalized spacial score (nSPS) is 10.3. The number of ketones is 1. The van der Waals surface area contributed by atoms with Crippen LogP contribution in [0.1, 0.15) is 36.5 Å². The summed E-state index contributed by atoms with van der Waals surface area (Å²) in [5, 5.41) is 2.67. The van der Waals surface area contributed by atoms with E-state index >= 15 is 0 Å². The molecule has 0 atom stereocenters. The number of nitrogens with one attached hydrogen (secondary N) is 1. The highest BCUT2D eigenvalue weighted by Gasteiger charge is 2.12. The molecular formula is C22H25NO5S. The molecule has 2 aromatic rings. The first-order valence-electron chi connectivity index (χ1n) is 9.37. The van der Waals surface area contributed by atoms with Gasteiger partial charge in [-0.05, 0) is 55.1 Å². The Hall–Kier alpha value is -2.80. The first kappa shape index (κ1) is 22.5. The lowest BCUT2D eigenvalue weighted by atomic mass is 10.1. The third-order valence-corrected chi connectivity index (χ3v) is 4.65. The van der Waals surface area contributed by atoms with E-state index in [0.29, 0.717) is 23.6 Å². The van der Waals surface area contributed by atoms with Gasteiger partial charge in [0.2, 0.25) is 0 Å². The topological polar surface area (TPSA) is 81.7 Å². The lowest BCUT2D eigenvalue weighted by molar-refractivity contribution is -0.147. The van der Waals surface area contributed by atoms with Crippen molar-refractivity contribution in [1.29, 1.82) is 0 Å². The second-order valence-electron chi connectivity index (χ2n) is 6.24. The van der Waals surface area contributed by atoms with Crippen molar-refractivity contribution in [3.8, 4) is 5.75 Å². The quantitative estimate of drug-likeness (QED) is 0.334. The summed E-state index contributed by atoms with van der Waals surface area (Å²) in [6.07, 6.45) is 2.79. The lowest BCUT2D eigenvalue weighted by Crippen LogP contribution is -2.21. The summed E-state index contributed by atoms with van der Waals surface area (Å²) < 4.78 is 10.4. The van der Waals surface area contributed by atoms with Crippen molar-refractivity contribution < 1.29 is 23.9 Å². The highest BCUT2D eigenvalue weighted by Crippen LogP contribution is 2.19. The summed E-state index contributed by atoms with van der Waals surface area (Å²) in [5.74, 6) is -0.473. The van der Waals surface area contributed by atoms with Crippen LogP contribution in [0.5, 0.6) is 5.75 Å². The van der Waals surface area contributed by atoms with Gasteiger partial charge in [0.05, 0.1) is 13.0 Å². The Balaban J connectivity index is 1.71. The van der Waals surface area contributed by atoms with Crippen LogP contribution in [0.3, 0.4) is 0 Å². The number of anilines is 1. The number of hydrogen-bond acceptors (Lipinski definition) is 6. The first-order chi connectivity index (χ1) is 14.0. The number of carbonyl (C=O) groups excluding carboxylic acids is 3. The second kappa shape index (κ2) is 11.9. The van der Waals surface area contributed by atoms with Crippen molar-refractivity contribution in [2.75, 3.05) is 24.8 Å². The van der Waals surface area contributed by atoms with E-state index in [1.807, 2.05) is 31.4 Å². The largest absolute Gasteiger partial charge is 0.494 e. The molecule has 0 spiro atoms. The maximum absolute atomic E-state index is 12.2. The van der Waals surface area contributed by atoms with E-state index in [0.717, 1.165) is 11.3 Å². The predicted octanol–water partition coefficient (Wildman–Crippen LogP) is 4.34. The molecule has 29 heavy (non-hydrogen) atoms. The lowest BCUT2D eigenvalue weighted by Gasteiger charge is -2.08. The third kappa shape index (κ3) is 7.99. The predicted molar refractivity (Wildman–Crippen MR) is 114 cm³/mol. The number of hydrogen-bond donors (Lipinski definition) is 1. The van der Waals surface area contributed by atoms with E-state index in [4.69, 9.17) is 9.47 Å². The van der Waals surface area contributed by atoms with Gasteiger partial charge in [0.1, 0.15) is 5.75 Å². The number of Topliss-reactive ketones (excluding diaryl/α,β-unsaturated/α-hetero) is 1. The summed E-state index contributed by atoms with van der Waals surface area (Å²) in [4.78, 5) is 36.9. The Labute approximate surface area is 175 Å². The zero-order valence-corrected chi connectivity index (χ0v) is 17.4. The van der Waals surface area contributed by atoms with Gasteiger partial charge >= 0.3 is 5.97 Å². The van der Waals surface area contributed by atoms with Gasteiger partial charge in [0.25, 0.3) is 5.91 Å². The minimum absolute atomic E-state index is 0.0192. The molecule has 0 fully saturated rings. The molecule has 0 saturated carbocycles. The van der Waals surface area contributed by atoms with Crippen molar-refractivity contribution in [1.82, 2.24) is 0 Å². The van der Waals surface area contributed by atoms with Gasteiger partial charge in [0, 0.05) is 22.6 Å². The summed E-state index contributed by atoms with van der Waals surface area (Å²) >= 11 is 1.56. The summed E-state index contributed by atoms with van der Waals surface area (Å²) in [6, 6.07) is 14.2. The van der Waals surface area contributed by atoms with Gasteiger partial charge in [-0.15, -0.1) is 11.8 Å². The van der Waals surface area contributed by atoms with Crippen LogP contribution in [0.25, 0.3) is 0 Å². The van der Waals surface area contributed by atoms with Gasteiger partial charge in [-0.2, -0.15) is 0 Å². The molecule has 0 radical (unpaired) electrons. The third-order valence-electron chi connectivity index (χ3n) is 3.92. The molecule has 0 aliphatic heterocycles. The fourth-order valence-corrected chi connectivity index (χ4v) is 2.89. The zero-order chi connectivity index (χ0) is 21.1. The molecule has 1 N–H and O–H groups in total. The van der Waals surface area contributed by atoms with Crippen LogP contribution < -0.4 is 10.1 Å². The van der Waals surface area contributed by atoms with Crippen LogP contribution in [-0.4, -0.2) is 37.1 Å². The van der Waals surface area contributed by atoms with Crippen LogP contribution in [0.2, 0.25) is 0 Å². The van der Waals surface area contributed by atoms with E-state index in [1.54, 1.807) is 42.1 Å². The summed E-state index contributed by atoms with van der Waals surface area (Å²) in [5.41, 5.74) is 1.15. The number of carbonyl (C=O) groups is 3. The van der Waals surface area contributed by atoms with E-state index in [-0.39, 0.29) is 25.2 Å². The summed E-state index contributed by atoms with van der Waals surface area (Å²) in [6.45, 7) is 2.25. The highest BCUT2D eigenvalue weighted by atomic mass is 32.2. The fraction of sp³-hybridized carbons (Fsp3) is 0.318. The molecule has 0 bridgehead atoms. The van der Waals surface area contributed by atoms with Gasteiger partial charge in [-0.25, -0.2) is 0 Å². The van der Waals surface area contributed by atoms with Crippen LogP contribution in [0, 0.1) is 0 Å². The van der Waals surface area contributed by atoms with Crippen molar-refractivity contribution >= 4 is 35.1 Å². The molecule has 2 aromatic carbocycles. The van der Waals surface area contributed by atoms with Crippen LogP contribution >= 0.6 is 11.8 Å². The molecular weight excluding hydrogens is 390 g/mol. The van der Waals surface area contributed by atoms with Crippen LogP contribution in [0.4, 0.5) is 5.69 Å². The Kier molecular flexibility index (Phi) is 9.24. The highest BCUT2D eigenvalue weighted by molar-refractivity contribution is 7.98. The van der Waals surface area contributed by atoms with Gasteiger partial charge in [0.15, 0.2) is 12.4 Å². The minimum Gasteiger partial charge on any atom is -0.494 e. The van der Waals surface area contributed by atoms with Crippen molar-refractivity contribution in [3.05, 3.63) is 54.1 Å². The number of ether oxygens (including phenoxy) is 2. The van der Waals surface area contributed by atoms with Gasteiger partial charge in [-0.1, -0.05) is 13.0 Å². The second-order valence-corrected chi connectivity index (χ2v) is 7.12. The number of benzene rings is 2. The molecule has 1 amide bonds. The van der Waals surface area contributed by atoms with Crippen molar-refractivity contribution in [2.45, 2.75) is 31.1 Å². The Morgan fingerprint density at radius 3 is 2.48 bits per heavy atom. The van der Waals surface area contributed by atoms with E-state index in [2.05, 4.69) is 5.32 Å². The molecule has 0 aromatic heterocycles. The first-order valence-corrected chi connectivity index (χ1v) is 10.6. The van der Waals surface area contributed by atoms with E-state index in [9.17, 15) is 14.4 Å². The van der Waals surface area contributed by atoms with E-state index in [1.165, 1.54) is 0 Å². The maximum atomic E-state index is 12.2. The minimum atomic E-state index is -0.589. The number of thioether (sulfide) groups is 1. The molecule has 0 heterocycles. The zero-order valence-electron chi connectivity index (χ0n) is 16.6. The average molecular weight is 416 g/mol. The Bertz CT molecular complexity index is 835. The smallest absolute Gasteiger partial charge is 0.306 e. The van der Waals surface area contributed by atoms with Crippen LogP contribution in [-0.2, 0) is 14.3 Å². The molecule has 0 unspecified atom stereocenters.